The van der Waals surface area contributed by atoms with Crippen LogP contribution in [-0.4, -0.2) is 49.6 Å². The second-order valence-corrected chi connectivity index (χ2v) is 4.64. The molecular weight excluding hydrogens is 279 g/mol. The van der Waals surface area contributed by atoms with Gasteiger partial charge in [-0.05, 0) is 12.1 Å². The molecule has 0 spiro atoms. The first-order chi connectivity index (χ1) is 10.0. The Morgan fingerprint density at radius 3 is 2.86 bits per heavy atom. The highest BCUT2D eigenvalue weighted by Crippen LogP contribution is 2.21. The number of hydrogen-bond donors (Lipinski definition) is 1. The summed E-state index contributed by atoms with van der Waals surface area (Å²) in [6.07, 6.45) is 0. The number of benzene rings is 1. The normalized spacial score (nSPS) is 18.2. The number of anilines is 1. The molecule has 0 radical (unpaired) electrons. The number of morpholine rings is 1. The zero-order chi connectivity index (χ0) is 15.4. The van der Waals surface area contributed by atoms with Gasteiger partial charge in [0, 0.05) is 25.2 Å². The van der Waals surface area contributed by atoms with Crippen molar-refractivity contribution in [3.05, 3.63) is 24.0 Å². The Bertz CT molecular complexity index is 550. The van der Waals surface area contributed by atoms with Gasteiger partial charge in [-0.25, -0.2) is 4.39 Å². The van der Waals surface area contributed by atoms with E-state index in [2.05, 4.69) is 5.32 Å². The minimum atomic E-state index is -0.707. The van der Waals surface area contributed by atoms with Crippen LogP contribution in [0.4, 0.5) is 10.1 Å². The fraction of sp³-hybridized carbons (Fsp3) is 0.429. The van der Waals surface area contributed by atoms with Crippen LogP contribution in [0.15, 0.2) is 18.2 Å². The third-order valence-corrected chi connectivity index (χ3v) is 3.25. The van der Waals surface area contributed by atoms with Gasteiger partial charge in [-0.3, -0.25) is 9.59 Å². The van der Waals surface area contributed by atoms with Crippen LogP contribution < -0.4 is 10.1 Å². The molecule has 1 atom stereocenters. The second kappa shape index (κ2) is 6.53. The molecule has 1 aromatic rings. The lowest BCUT2D eigenvalue weighted by atomic mass is 10.2. The quantitative estimate of drug-likeness (QED) is 0.904. The molecule has 7 heteroatoms. The minimum Gasteiger partial charge on any atom is -0.494 e. The molecule has 2 rings (SSSR count). The topological polar surface area (TPSA) is 67.9 Å². The summed E-state index contributed by atoms with van der Waals surface area (Å²) in [5.41, 5.74) is 0.298. The molecular formula is C14H17FN2O4. The SMILES string of the molecule is COc1ccc(NC(=O)C2COCCN2C(C)=O)cc1F. The maximum absolute atomic E-state index is 13.6. The van der Waals surface area contributed by atoms with Gasteiger partial charge in [0.1, 0.15) is 6.04 Å². The summed E-state index contributed by atoms with van der Waals surface area (Å²) in [5.74, 6) is -1.08. The van der Waals surface area contributed by atoms with Crippen molar-refractivity contribution < 1.29 is 23.5 Å². The Labute approximate surface area is 121 Å². The molecule has 6 nitrogen and oxygen atoms in total. The van der Waals surface area contributed by atoms with Gasteiger partial charge in [0.2, 0.25) is 11.8 Å². The third-order valence-electron chi connectivity index (χ3n) is 3.25. The van der Waals surface area contributed by atoms with E-state index in [9.17, 15) is 14.0 Å². The Morgan fingerprint density at radius 2 is 2.24 bits per heavy atom. The highest BCUT2D eigenvalue weighted by atomic mass is 19.1. The van der Waals surface area contributed by atoms with Crippen LogP contribution in [0.3, 0.4) is 0 Å². The van der Waals surface area contributed by atoms with Gasteiger partial charge < -0.3 is 19.7 Å². The average molecular weight is 296 g/mol. The predicted molar refractivity (Wildman–Crippen MR) is 73.6 cm³/mol. The summed E-state index contributed by atoms with van der Waals surface area (Å²) in [5, 5.41) is 2.58. The van der Waals surface area contributed by atoms with Crippen LogP contribution in [0.5, 0.6) is 5.75 Å². The molecule has 0 aromatic heterocycles. The van der Waals surface area contributed by atoms with E-state index in [1.165, 1.54) is 37.1 Å². The third kappa shape index (κ3) is 3.49. The van der Waals surface area contributed by atoms with Gasteiger partial charge in [-0.15, -0.1) is 0 Å². The van der Waals surface area contributed by atoms with Crippen LogP contribution in [0.25, 0.3) is 0 Å². The zero-order valence-corrected chi connectivity index (χ0v) is 11.9. The van der Waals surface area contributed by atoms with Crippen molar-refractivity contribution in [2.75, 3.05) is 32.2 Å². The molecule has 2 amide bonds. The minimum absolute atomic E-state index is 0.0966. The number of nitrogens with one attached hydrogen (secondary N) is 1. The zero-order valence-electron chi connectivity index (χ0n) is 11.9. The number of amides is 2. The number of nitrogens with zero attached hydrogens (tertiary/aromatic N) is 1. The van der Waals surface area contributed by atoms with Crippen molar-refractivity contribution in [1.82, 2.24) is 4.90 Å². The lowest BCUT2D eigenvalue weighted by Crippen LogP contribution is -2.53. The Balaban J connectivity index is 2.09. The van der Waals surface area contributed by atoms with E-state index < -0.39 is 17.8 Å². The monoisotopic (exact) mass is 296 g/mol. The number of halogens is 1. The molecule has 1 unspecified atom stereocenters. The lowest BCUT2D eigenvalue weighted by Gasteiger charge is -2.33. The van der Waals surface area contributed by atoms with Crippen molar-refractivity contribution in [2.45, 2.75) is 13.0 Å². The van der Waals surface area contributed by atoms with Crippen LogP contribution >= 0.6 is 0 Å². The summed E-state index contributed by atoms with van der Waals surface area (Å²) >= 11 is 0. The molecule has 21 heavy (non-hydrogen) atoms. The van der Waals surface area contributed by atoms with Crippen molar-refractivity contribution in [3.63, 3.8) is 0 Å². The van der Waals surface area contributed by atoms with E-state index in [1.807, 2.05) is 0 Å². The maximum atomic E-state index is 13.6. The number of methoxy groups -OCH3 is 1. The standard InChI is InChI=1S/C14H17FN2O4/c1-9(18)17-5-6-21-8-12(17)14(19)16-10-3-4-13(20-2)11(15)7-10/h3-4,7,12H,5-6,8H2,1-2H3,(H,16,19). The highest BCUT2D eigenvalue weighted by molar-refractivity contribution is 5.97. The highest BCUT2D eigenvalue weighted by Gasteiger charge is 2.31. The molecule has 0 saturated carbocycles. The van der Waals surface area contributed by atoms with Crippen molar-refractivity contribution in [1.29, 1.82) is 0 Å². The summed E-state index contributed by atoms with van der Waals surface area (Å²) in [6, 6.07) is 3.41. The Hall–Kier alpha value is -2.15. The second-order valence-electron chi connectivity index (χ2n) is 4.64. The first kappa shape index (κ1) is 15.2. The molecule has 1 aliphatic heterocycles. The smallest absolute Gasteiger partial charge is 0.249 e. The van der Waals surface area contributed by atoms with E-state index in [0.29, 0.717) is 18.8 Å². The first-order valence-corrected chi connectivity index (χ1v) is 6.52. The molecule has 1 aliphatic rings. The maximum Gasteiger partial charge on any atom is 0.249 e. The predicted octanol–water partition coefficient (Wildman–Crippen LogP) is 1.02. The summed E-state index contributed by atoms with van der Waals surface area (Å²) in [7, 11) is 1.36. The fourth-order valence-corrected chi connectivity index (χ4v) is 2.17. The van der Waals surface area contributed by atoms with Crippen molar-refractivity contribution in [3.8, 4) is 5.75 Å². The van der Waals surface area contributed by atoms with Gasteiger partial charge in [0.05, 0.1) is 20.3 Å². The van der Waals surface area contributed by atoms with Crippen LogP contribution in [0, 0.1) is 5.82 Å². The van der Waals surface area contributed by atoms with E-state index in [-0.39, 0.29) is 18.3 Å². The van der Waals surface area contributed by atoms with E-state index in [1.54, 1.807) is 0 Å². The van der Waals surface area contributed by atoms with Crippen molar-refractivity contribution in [2.24, 2.45) is 0 Å². The van der Waals surface area contributed by atoms with Crippen molar-refractivity contribution >= 4 is 17.5 Å². The van der Waals surface area contributed by atoms with Crippen LogP contribution in [0.2, 0.25) is 0 Å². The van der Waals surface area contributed by atoms with Gasteiger partial charge >= 0.3 is 0 Å². The number of carbonyl (C=O) groups excluding carboxylic acids is 2. The van der Waals surface area contributed by atoms with E-state index >= 15 is 0 Å². The summed E-state index contributed by atoms with van der Waals surface area (Å²) < 4.78 is 23.6. The molecule has 1 fully saturated rings. The van der Waals surface area contributed by atoms with Crippen LogP contribution in [-0.2, 0) is 14.3 Å². The van der Waals surface area contributed by atoms with Gasteiger partial charge in [0.25, 0.3) is 0 Å². The van der Waals surface area contributed by atoms with Gasteiger partial charge in [-0.2, -0.15) is 0 Å². The molecule has 1 N–H and O–H groups in total. The number of hydrogen-bond acceptors (Lipinski definition) is 4. The van der Waals surface area contributed by atoms with Crippen LogP contribution in [0.1, 0.15) is 6.92 Å². The largest absolute Gasteiger partial charge is 0.494 e. The molecule has 1 aromatic carbocycles. The lowest BCUT2D eigenvalue weighted by molar-refractivity contribution is -0.144. The average Bonchev–Trinajstić information content (AvgIpc) is 2.47. The van der Waals surface area contributed by atoms with E-state index in [4.69, 9.17) is 9.47 Å². The fourth-order valence-electron chi connectivity index (χ4n) is 2.17. The molecule has 0 bridgehead atoms. The van der Waals surface area contributed by atoms with Gasteiger partial charge in [0.15, 0.2) is 11.6 Å². The Morgan fingerprint density at radius 1 is 1.48 bits per heavy atom. The number of rotatable bonds is 3. The van der Waals surface area contributed by atoms with E-state index in [0.717, 1.165) is 0 Å². The van der Waals surface area contributed by atoms with Gasteiger partial charge in [-0.1, -0.05) is 0 Å². The Kier molecular flexibility index (Phi) is 4.74. The first-order valence-electron chi connectivity index (χ1n) is 6.52. The number of carbonyl (C=O) groups is 2. The molecule has 1 heterocycles. The molecule has 0 aliphatic carbocycles. The summed E-state index contributed by atoms with van der Waals surface area (Å²) in [4.78, 5) is 25.2. The number of ether oxygens (including phenoxy) is 2. The summed E-state index contributed by atoms with van der Waals surface area (Å²) in [6.45, 7) is 2.30. The molecule has 1 saturated heterocycles. The molecule has 114 valence electrons.